The number of alkyl halides is 9. The number of ether oxygens (including phenoxy) is 1. The Kier molecular flexibility index (Phi) is 8.80. The van der Waals surface area contributed by atoms with Crippen LogP contribution in [-0.2, 0) is 36.3 Å². The highest BCUT2D eigenvalue weighted by Crippen LogP contribution is 2.39. The van der Waals surface area contributed by atoms with Gasteiger partial charge in [0, 0.05) is 12.1 Å². The zero-order valence-corrected chi connectivity index (χ0v) is 21.4. The van der Waals surface area contributed by atoms with E-state index < -0.39 is 59.7 Å². The van der Waals surface area contributed by atoms with Crippen molar-refractivity contribution in [3.63, 3.8) is 0 Å². The molecule has 0 aromatic heterocycles. The molecule has 0 fully saturated rings. The second kappa shape index (κ2) is 11.4. The molecule has 3 aromatic carbocycles. The normalized spacial score (nSPS) is 12.5. The van der Waals surface area contributed by atoms with Crippen LogP contribution in [0.3, 0.4) is 0 Å². The molecule has 40 heavy (non-hydrogen) atoms. The van der Waals surface area contributed by atoms with Gasteiger partial charge in [-0.25, -0.2) is 0 Å². The van der Waals surface area contributed by atoms with Crippen molar-refractivity contribution in [1.29, 1.82) is 0 Å². The molecule has 1 N–H and O–H groups in total. The summed E-state index contributed by atoms with van der Waals surface area (Å²) in [4.78, 5) is 12.6. The lowest BCUT2D eigenvalue weighted by Gasteiger charge is -2.18. The van der Waals surface area contributed by atoms with Crippen LogP contribution in [0.1, 0.15) is 53.1 Å². The summed E-state index contributed by atoms with van der Waals surface area (Å²) >= 11 is 0. The molecule has 0 aliphatic rings. The Hall–Kier alpha value is -3.70. The van der Waals surface area contributed by atoms with Crippen molar-refractivity contribution in [2.75, 3.05) is 7.11 Å². The first-order chi connectivity index (χ1) is 18.4. The molecule has 0 saturated heterocycles. The van der Waals surface area contributed by atoms with Crippen LogP contribution in [0.15, 0.2) is 54.6 Å². The molecule has 3 nitrogen and oxygen atoms in total. The van der Waals surface area contributed by atoms with Gasteiger partial charge in [0.2, 0.25) is 5.91 Å². The van der Waals surface area contributed by atoms with Crippen LogP contribution in [-0.4, -0.2) is 13.0 Å². The van der Waals surface area contributed by atoms with Crippen LogP contribution < -0.4 is 10.1 Å². The average molecular weight is 577 g/mol. The van der Waals surface area contributed by atoms with Crippen molar-refractivity contribution in [2.24, 2.45) is 0 Å². The molecular weight excluding hydrogens is 553 g/mol. The van der Waals surface area contributed by atoms with Crippen LogP contribution in [0.5, 0.6) is 5.75 Å². The van der Waals surface area contributed by atoms with Crippen molar-refractivity contribution in [3.05, 3.63) is 88.0 Å². The van der Waals surface area contributed by atoms with Gasteiger partial charge >= 0.3 is 18.5 Å². The summed E-state index contributed by atoms with van der Waals surface area (Å²) in [7, 11) is 1.38. The summed E-state index contributed by atoms with van der Waals surface area (Å²) in [6.07, 6.45) is -15.8. The Balaban J connectivity index is 1.97. The molecule has 0 bridgehead atoms. The minimum Gasteiger partial charge on any atom is -0.496 e. The van der Waals surface area contributed by atoms with E-state index in [9.17, 15) is 44.3 Å². The second-order valence-electron chi connectivity index (χ2n) is 9.35. The zero-order chi connectivity index (χ0) is 30.0. The van der Waals surface area contributed by atoms with E-state index in [-0.39, 0.29) is 17.5 Å². The molecule has 216 valence electrons. The highest BCUT2D eigenvalue weighted by atomic mass is 19.4. The molecule has 1 amide bonds. The van der Waals surface area contributed by atoms with Crippen LogP contribution in [0.25, 0.3) is 11.1 Å². The molecule has 0 aliphatic carbocycles. The summed E-state index contributed by atoms with van der Waals surface area (Å²) in [6.45, 7) is 3.34. The van der Waals surface area contributed by atoms with E-state index in [1.165, 1.54) is 13.2 Å². The van der Waals surface area contributed by atoms with Crippen molar-refractivity contribution >= 4 is 5.91 Å². The minimum absolute atomic E-state index is 0.0161. The third-order valence-electron chi connectivity index (χ3n) is 6.10. The first kappa shape index (κ1) is 30.8. The minimum atomic E-state index is -5.09. The smallest absolute Gasteiger partial charge is 0.416 e. The molecule has 12 heteroatoms. The van der Waals surface area contributed by atoms with Gasteiger partial charge in [0.15, 0.2) is 0 Å². The Labute approximate surface area is 224 Å². The lowest BCUT2D eigenvalue weighted by atomic mass is 9.92. The molecular formula is C28H24F9NO2. The van der Waals surface area contributed by atoms with Crippen LogP contribution in [0.2, 0.25) is 0 Å². The van der Waals surface area contributed by atoms with Crippen molar-refractivity contribution in [3.8, 4) is 16.9 Å². The topological polar surface area (TPSA) is 38.3 Å². The quantitative estimate of drug-likeness (QED) is 0.287. The fourth-order valence-electron chi connectivity index (χ4n) is 4.04. The number of nitrogens with one attached hydrogen (secondary N) is 1. The maximum atomic E-state index is 13.5. The monoisotopic (exact) mass is 577 g/mol. The Bertz CT molecular complexity index is 1340. The van der Waals surface area contributed by atoms with E-state index in [2.05, 4.69) is 5.32 Å². The van der Waals surface area contributed by atoms with Crippen LogP contribution in [0.4, 0.5) is 39.5 Å². The van der Waals surface area contributed by atoms with Gasteiger partial charge in [0.1, 0.15) is 5.75 Å². The third kappa shape index (κ3) is 7.48. The summed E-state index contributed by atoms with van der Waals surface area (Å²) in [6, 6.07) is 8.87. The number of hydrogen-bond acceptors (Lipinski definition) is 2. The number of hydrogen-bond donors (Lipinski definition) is 1. The predicted octanol–water partition coefficient (Wildman–Crippen LogP) is 8.40. The Morgan fingerprint density at radius 3 is 1.82 bits per heavy atom. The van der Waals surface area contributed by atoms with Crippen molar-refractivity contribution in [1.82, 2.24) is 5.32 Å². The highest BCUT2D eigenvalue weighted by Gasteiger charge is 2.37. The average Bonchev–Trinajstić information content (AvgIpc) is 2.85. The number of carbonyl (C=O) groups excluding carboxylic acids is 1. The lowest BCUT2D eigenvalue weighted by Crippen LogP contribution is -2.25. The molecule has 0 spiro atoms. The van der Waals surface area contributed by atoms with Crippen LogP contribution in [0, 0.1) is 0 Å². The number of amides is 1. The molecule has 0 radical (unpaired) electrons. The lowest BCUT2D eigenvalue weighted by molar-refractivity contribution is -0.143. The Morgan fingerprint density at radius 2 is 1.32 bits per heavy atom. The molecule has 0 heterocycles. The molecule has 0 atom stereocenters. The SMILES string of the molecule is COc1ccc(C(C)C)cc1-c1ccc(C(F)(F)F)cc1CNC(=O)Cc1cc(C(F)(F)F)cc(C(F)(F)F)c1. The first-order valence-electron chi connectivity index (χ1n) is 11.8. The molecule has 0 saturated carbocycles. The largest absolute Gasteiger partial charge is 0.496 e. The number of halogens is 9. The summed E-state index contributed by atoms with van der Waals surface area (Å²) in [5.41, 5.74) is -3.12. The Morgan fingerprint density at radius 1 is 0.750 bits per heavy atom. The number of methoxy groups -OCH3 is 1. The van der Waals surface area contributed by atoms with Gasteiger partial charge in [0.25, 0.3) is 0 Å². The summed E-state index contributed by atoms with van der Waals surface area (Å²) < 4.78 is 125. The van der Waals surface area contributed by atoms with Gasteiger partial charge in [-0.3, -0.25) is 4.79 Å². The second-order valence-corrected chi connectivity index (χ2v) is 9.35. The van der Waals surface area contributed by atoms with Crippen molar-refractivity contribution < 1.29 is 49.0 Å². The number of benzene rings is 3. The van der Waals surface area contributed by atoms with E-state index in [0.29, 0.717) is 29.0 Å². The number of carbonyl (C=O) groups is 1. The van der Waals surface area contributed by atoms with E-state index in [4.69, 9.17) is 4.74 Å². The van der Waals surface area contributed by atoms with Crippen LogP contribution >= 0.6 is 0 Å². The highest BCUT2D eigenvalue weighted by molar-refractivity contribution is 5.80. The standard InChI is InChI=1S/C28H24F9NO2/c1-15(2)17-4-7-24(40-3)23(12-17)22-6-5-19(26(29,30)31)11-18(22)14-38-25(39)10-16-8-20(27(32,33)34)13-21(9-16)28(35,36)37/h4-9,11-13,15H,10,14H2,1-3H3,(H,38,39). The van der Waals surface area contributed by atoms with Gasteiger partial charge in [0.05, 0.1) is 30.2 Å². The molecule has 3 aromatic rings. The molecule has 0 unspecified atom stereocenters. The van der Waals surface area contributed by atoms with Gasteiger partial charge in [-0.2, -0.15) is 39.5 Å². The van der Waals surface area contributed by atoms with E-state index >= 15 is 0 Å². The predicted molar refractivity (Wildman–Crippen MR) is 130 cm³/mol. The van der Waals surface area contributed by atoms with Gasteiger partial charge < -0.3 is 10.1 Å². The summed E-state index contributed by atoms with van der Waals surface area (Å²) in [5.74, 6) is -0.574. The molecule has 0 aliphatic heterocycles. The van der Waals surface area contributed by atoms with Gasteiger partial charge in [-0.15, -0.1) is 0 Å². The third-order valence-corrected chi connectivity index (χ3v) is 6.10. The first-order valence-corrected chi connectivity index (χ1v) is 11.8. The van der Waals surface area contributed by atoms with E-state index in [0.717, 1.165) is 17.7 Å². The van der Waals surface area contributed by atoms with Gasteiger partial charge in [-0.1, -0.05) is 26.0 Å². The fraction of sp³-hybridized carbons (Fsp3) is 0.321. The maximum Gasteiger partial charge on any atom is 0.416 e. The molecule has 3 rings (SSSR count). The van der Waals surface area contributed by atoms with E-state index in [1.807, 2.05) is 13.8 Å². The van der Waals surface area contributed by atoms with E-state index in [1.54, 1.807) is 18.2 Å². The van der Waals surface area contributed by atoms with Crippen molar-refractivity contribution in [2.45, 2.75) is 51.3 Å². The zero-order valence-electron chi connectivity index (χ0n) is 21.4. The fourth-order valence-corrected chi connectivity index (χ4v) is 4.04. The maximum absolute atomic E-state index is 13.5. The summed E-state index contributed by atoms with van der Waals surface area (Å²) in [5, 5.41) is 2.32. The van der Waals surface area contributed by atoms with Gasteiger partial charge in [-0.05, 0) is 70.6 Å². The number of rotatable bonds is 7.